The van der Waals surface area contributed by atoms with Crippen molar-refractivity contribution in [2.45, 2.75) is 78.8 Å². The van der Waals surface area contributed by atoms with E-state index in [4.69, 9.17) is 0 Å². The van der Waals surface area contributed by atoms with Crippen molar-refractivity contribution < 1.29 is 0 Å². The van der Waals surface area contributed by atoms with Crippen LogP contribution in [0.3, 0.4) is 0 Å². The molecule has 2 rings (SSSR count). The SMILES string of the molecule is CCC1(CN2CC(C(C)C)NCC2C(C)C)CCCC1. The third-order valence-electron chi connectivity index (χ3n) is 6.02. The van der Waals surface area contributed by atoms with Crippen LogP contribution in [0.15, 0.2) is 0 Å². The standard InChI is InChI=1S/C18H36N2/c1-6-18(9-7-8-10-18)13-20-12-16(14(2)3)19-11-17(20)15(4)5/h14-17,19H,6-13H2,1-5H3. The zero-order valence-corrected chi connectivity index (χ0v) is 14.4. The van der Waals surface area contributed by atoms with Gasteiger partial charge in [-0.1, -0.05) is 47.5 Å². The van der Waals surface area contributed by atoms with Crippen molar-refractivity contribution in [1.29, 1.82) is 0 Å². The molecule has 1 saturated heterocycles. The summed E-state index contributed by atoms with van der Waals surface area (Å²) in [6, 6.07) is 1.41. The van der Waals surface area contributed by atoms with Gasteiger partial charge in [0.1, 0.15) is 0 Å². The fourth-order valence-corrected chi connectivity index (χ4v) is 4.32. The Morgan fingerprint density at radius 2 is 1.75 bits per heavy atom. The summed E-state index contributed by atoms with van der Waals surface area (Å²) >= 11 is 0. The maximum absolute atomic E-state index is 3.79. The van der Waals surface area contributed by atoms with Crippen LogP contribution in [0, 0.1) is 17.3 Å². The van der Waals surface area contributed by atoms with Crippen LogP contribution in [0.4, 0.5) is 0 Å². The molecule has 1 aliphatic carbocycles. The lowest BCUT2D eigenvalue weighted by molar-refractivity contribution is 0.0402. The van der Waals surface area contributed by atoms with Crippen molar-refractivity contribution in [2.75, 3.05) is 19.6 Å². The summed E-state index contributed by atoms with van der Waals surface area (Å²) in [5.41, 5.74) is 0.631. The molecule has 0 spiro atoms. The number of hydrogen-bond donors (Lipinski definition) is 1. The lowest BCUT2D eigenvalue weighted by Gasteiger charge is -2.47. The Labute approximate surface area is 126 Å². The van der Waals surface area contributed by atoms with Crippen LogP contribution in [-0.4, -0.2) is 36.6 Å². The lowest BCUT2D eigenvalue weighted by atomic mass is 9.81. The Bertz CT molecular complexity index is 292. The first-order valence-electron chi connectivity index (χ1n) is 8.95. The van der Waals surface area contributed by atoms with Crippen molar-refractivity contribution in [1.82, 2.24) is 10.2 Å². The van der Waals surface area contributed by atoms with Gasteiger partial charge in [-0.15, -0.1) is 0 Å². The molecule has 2 unspecified atom stereocenters. The molecule has 118 valence electrons. The number of nitrogens with zero attached hydrogens (tertiary/aromatic N) is 1. The largest absolute Gasteiger partial charge is 0.311 e. The molecule has 0 amide bonds. The Morgan fingerprint density at radius 3 is 2.25 bits per heavy atom. The van der Waals surface area contributed by atoms with Gasteiger partial charge in [-0.25, -0.2) is 0 Å². The molecule has 0 aromatic heterocycles. The fourth-order valence-electron chi connectivity index (χ4n) is 4.32. The van der Waals surface area contributed by atoms with Gasteiger partial charge >= 0.3 is 0 Å². The van der Waals surface area contributed by atoms with Crippen LogP contribution in [0.5, 0.6) is 0 Å². The van der Waals surface area contributed by atoms with Crippen molar-refractivity contribution in [3.63, 3.8) is 0 Å². The molecule has 0 aromatic rings. The molecule has 2 fully saturated rings. The number of rotatable bonds is 5. The van der Waals surface area contributed by atoms with Crippen LogP contribution >= 0.6 is 0 Å². The van der Waals surface area contributed by atoms with Crippen LogP contribution < -0.4 is 5.32 Å². The third kappa shape index (κ3) is 3.57. The monoisotopic (exact) mass is 280 g/mol. The Morgan fingerprint density at radius 1 is 1.10 bits per heavy atom. The Hall–Kier alpha value is -0.0800. The van der Waals surface area contributed by atoms with Gasteiger partial charge < -0.3 is 5.32 Å². The minimum Gasteiger partial charge on any atom is -0.311 e. The summed E-state index contributed by atoms with van der Waals surface area (Å²) in [7, 11) is 0. The second-order valence-corrected chi connectivity index (χ2v) is 8.06. The molecule has 2 atom stereocenters. The second-order valence-electron chi connectivity index (χ2n) is 8.06. The molecular formula is C18H36N2. The molecule has 2 heteroatoms. The summed E-state index contributed by atoms with van der Waals surface area (Å²) in [6.45, 7) is 15.7. The highest BCUT2D eigenvalue weighted by Crippen LogP contribution is 2.42. The maximum Gasteiger partial charge on any atom is 0.0244 e. The molecule has 20 heavy (non-hydrogen) atoms. The molecule has 0 aromatic carbocycles. The highest BCUT2D eigenvalue weighted by atomic mass is 15.2. The molecule has 1 saturated carbocycles. The highest BCUT2D eigenvalue weighted by molar-refractivity contribution is 4.94. The van der Waals surface area contributed by atoms with E-state index in [2.05, 4.69) is 44.8 Å². The molecule has 0 bridgehead atoms. The van der Waals surface area contributed by atoms with E-state index < -0.39 is 0 Å². The Balaban J connectivity index is 2.06. The molecule has 0 radical (unpaired) electrons. The summed E-state index contributed by atoms with van der Waals surface area (Å²) in [6.07, 6.45) is 7.21. The van der Waals surface area contributed by atoms with E-state index in [9.17, 15) is 0 Å². The van der Waals surface area contributed by atoms with Gasteiger partial charge in [0.2, 0.25) is 0 Å². The van der Waals surface area contributed by atoms with Gasteiger partial charge in [0.15, 0.2) is 0 Å². The topological polar surface area (TPSA) is 15.3 Å². The minimum absolute atomic E-state index is 0.631. The van der Waals surface area contributed by atoms with E-state index in [1.54, 1.807) is 0 Å². The normalized spacial score (nSPS) is 31.4. The molecule has 1 heterocycles. The van der Waals surface area contributed by atoms with Crippen LogP contribution in [0.25, 0.3) is 0 Å². The summed E-state index contributed by atoms with van der Waals surface area (Å²) < 4.78 is 0. The predicted octanol–water partition coefficient (Wildman–Crippen LogP) is 3.91. The Kier molecular flexibility index (Phi) is 5.53. The van der Waals surface area contributed by atoms with Crippen LogP contribution in [0.2, 0.25) is 0 Å². The van der Waals surface area contributed by atoms with Gasteiger partial charge in [0.25, 0.3) is 0 Å². The number of hydrogen-bond acceptors (Lipinski definition) is 2. The predicted molar refractivity (Wildman–Crippen MR) is 88.0 cm³/mol. The van der Waals surface area contributed by atoms with Gasteiger partial charge in [0.05, 0.1) is 0 Å². The average molecular weight is 280 g/mol. The molecule has 1 N–H and O–H groups in total. The maximum atomic E-state index is 3.79. The number of piperazine rings is 1. The smallest absolute Gasteiger partial charge is 0.0244 e. The molecule has 1 aliphatic heterocycles. The van der Waals surface area contributed by atoms with Gasteiger partial charge in [-0.3, -0.25) is 4.90 Å². The van der Waals surface area contributed by atoms with E-state index in [0.717, 1.165) is 17.9 Å². The van der Waals surface area contributed by atoms with Crippen molar-refractivity contribution in [3.8, 4) is 0 Å². The average Bonchev–Trinajstić information content (AvgIpc) is 2.87. The quantitative estimate of drug-likeness (QED) is 0.821. The lowest BCUT2D eigenvalue weighted by Crippen LogP contribution is -2.61. The van der Waals surface area contributed by atoms with E-state index in [1.807, 2.05) is 0 Å². The van der Waals surface area contributed by atoms with E-state index in [-0.39, 0.29) is 0 Å². The van der Waals surface area contributed by atoms with Crippen molar-refractivity contribution in [2.24, 2.45) is 17.3 Å². The molecule has 2 nitrogen and oxygen atoms in total. The zero-order chi connectivity index (χ0) is 14.8. The van der Waals surface area contributed by atoms with E-state index in [0.29, 0.717) is 11.5 Å². The van der Waals surface area contributed by atoms with Crippen LogP contribution in [0.1, 0.15) is 66.7 Å². The molecule has 2 aliphatic rings. The fraction of sp³-hybridized carbons (Fsp3) is 1.00. The van der Waals surface area contributed by atoms with Gasteiger partial charge in [-0.2, -0.15) is 0 Å². The minimum atomic E-state index is 0.631. The van der Waals surface area contributed by atoms with Gasteiger partial charge in [0, 0.05) is 31.7 Å². The van der Waals surface area contributed by atoms with E-state index >= 15 is 0 Å². The third-order valence-corrected chi connectivity index (χ3v) is 6.02. The molecular weight excluding hydrogens is 244 g/mol. The summed E-state index contributed by atoms with van der Waals surface area (Å²) in [5.74, 6) is 1.50. The van der Waals surface area contributed by atoms with E-state index in [1.165, 1.54) is 51.7 Å². The van der Waals surface area contributed by atoms with Gasteiger partial charge in [-0.05, 0) is 36.5 Å². The van der Waals surface area contributed by atoms with Crippen LogP contribution in [-0.2, 0) is 0 Å². The first-order valence-corrected chi connectivity index (χ1v) is 8.95. The summed E-state index contributed by atoms with van der Waals surface area (Å²) in [4.78, 5) is 2.85. The highest BCUT2D eigenvalue weighted by Gasteiger charge is 2.38. The first kappa shape index (κ1) is 16.3. The zero-order valence-electron chi connectivity index (χ0n) is 14.4. The first-order chi connectivity index (χ1) is 9.47. The number of nitrogens with one attached hydrogen (secondary N) is 1. The summed E-state index contributed by atoms with van der Waals surface area (Å²) in [5, 5.41) is 3.79. The van der Waals surface area contributed by atoms with Crippen molar-refractivity contribution in [3.05, 3.63) is 0 Å². The van der Waals surface area contributed by atoms with Crippen molar-refractivity contribution >= 4 is 0 Å². The second kappa shape index (κ2) is 6.79.